The summed E-state index contributed by atoms with van der Waals surface area (Å²) in [4.78, 5) is 0. The molecule has 0 spiro atoms. The SMILES string of the molecule is O=S(=O)(C(F)C1CCNCC1)N1CCC(CNC2CC2c2ccccc2)CC1. The van der Waals surface area contributed by atoms with Gasteiger partial charge in [-0.3, -0.25) is 0 Å². The summed E-state index contributed by atoms with van der Waals surface area (Å²) in [6, 6.07) is 11.1. The minimum atomic E-state index is -3.83. The molecule has 2 N–H and O–H groups in total. The van der Waals surface area contributed by atoms with Crippen molar-refractivity contribution in [3.8, 4) is 0 Å². The minimum absolute atomic E-state index is 0.365. The Morgan fingerprint density at radius 1 is 1.11 bits per heavy atom. The van der Waals surface area contributed by atoms with Crippen molar-refractivity contribution >= 4 is 10.0 Å². The number of hydrogen-bond acceptors (Lipinski definition) is 4. The number of sulfonamides is 1. The van der Waals surface area contributed by atoms with Crippen molar-refractivity contribution in [2.75, 3.05) is 32.7 Å². The van der Waals surface area contributed by atoms with Crippen LogP contribution in [0.5, 0.6) is 0 Å². The van der Waals surface area contributed by atoms with Crippen molar-refractivity contribution in [3.05, 3.63) is 35.9 Å². The van der Waals surface area contributed by atoms with Crippen LogP contribution in [0.1, 0.15) is 43.6 Å². The smallest absolute Gasteiger partial charge is 0.246 e. The lowest BCUT2D eigenvalue weighted by molar-refractivity contribution is 0.220. The lowest BCUT2D eigenvalue weighted by atomic mass is 9.98. The van der Waals surface area contributed by atoms with Crippen molar-refractivity contribution in [1.82, 2.24) is 14.9 Å². The van der Waals surface area contributed by atoms with Crippen LogP contribution < -0.4 is 10.6 Å². The van der Waals surface area contributed by atoms with Crippen LogP contribution in [0.25, 0.3) is 0 Å². The van der Waals surface area contributed by atoms with Crippen LogP contribution in [0.4, 0.5) is 4.39 Å². The summed E-state index contributed by atoms with van der Waals surface area (Å²) in [6.07, 6.45) is 4.01. The van der Waals surface area contributed by atoms with E-state index in [-0.39, 0.29) is 5.92 Å². The van der Waals surface area contributed by atoms with Crippen molar-refractivity contribution < 1.29 is 12.8 Å². The molecule has 3 atom stereocenters. The first kappa shape index (κ1) is 20.3. The molecule has 1 aromatic carbocycles. The number of piperidine rings is 2. The van der Waals surface area contributed by atoms with Crippen LogP contribution >= 0.6 is 0 Å². The molecule has 2 heterocycles. The Balaban J connectivity index is 1.21. The molecule has 1 aliphatic carbocycles. The highest BCUT2D eigenvalue weighted by atomic mass is 32.2. The Morgan fingerprint density at radius 2 is 1.79 bits per heavy atom. The van der Waals surface area contributed by atoms with E-state index >= 15 is 0 Å². The molecule has 3 fully saturated rings. The number of nitrogens with zero attached hydrogens (tertiary/aromatic N) is 1. The van der Waals surface area contributed by atoms with Gasteiger partial charge in [-0.05, 0) is 63.2 Å². The van der Waals surface area contributed by atoms with Crippen LogP contribution in [-0.2, 0) is 10.0 Å². The summed E-state index contributed by atoms with van der Waals surface area (Å²) in [5.74, 6) is 0.717. The van der Waals surface area contributed by atoms with E-state index in [9.17, 15) is 12.8 Å². The maximum Gasteiger partial charge on any atom is 0.246 e. The maximum absolute atomic E-state index is 14.7. The largest absolute Gasteiger partial charge is 0.317 e. The molecule has 0 amide bonds. The Bertz CT molecular complexity index is 731. The fourth-order valence-corrected chi connectivity index (χ4v) is 6.43. The first-order chi connectivity index (χ1) is 13.6. The van der Waals surface area contributed by atoms with Gasteiger partial charge in [-0.15, -0.1) is 0 Å². The van der Waals surface area contributed by atoms with Gasteiger partial charge in [-0.1, -0.05) is 30.3 Å². The summed E-state index contributed by atoms with van der Waals surface area (Å²) in [5, 5.41) is 6.82. The van der Waals surface area contributed by atoms with E-state index in [2.05, 4.69) is 34.9 Å². The third-order valence-corrected chi connectivity index (χ3v) is 8.70. The van der Waals surface area contributed by atoms with Gasteiger partial charge < -0.3 is 10.6 Å². The maximum atomic E-state index is 14.7. The third-order valence-electron chi connectivity index (χ3n) is 6.66. The average molecular weight is 410 g/mol. The molecule has 2 saturated heterocycles. The van der Waals surface area contributed by atoms with E-state index in [1.54, 1.807) is 0 Å². The first-order valence-corrected chi connectivity index (χ1v) is 12.2. The number of benzene rings is 1. The lowest BCUT2D eigenvalue weighted by Crippen LogP contribution is -2.47. The van der Waals surface area contributed by atoms with Gasteiger partial charge in [0.15, 0.2) is 0 Å². The van der Waals surface area contributed by atoms with E-state index in [0.29, 0.717) is 56.9 Å². The molecule has 2 aliphatic heterocycles. The molecular formula is C21H32FN3O2S. The molecule has 0 aromatic heterocycles. The molecule has 28 heavy (non-hydrogen) atoms. The second-order valence-electron chi connectivity index (χ2n) is 8.59. The monoisotopic (exact) mass is 409 g/mol. The number of rotatable bonds is 7. The predicted octanol–water partition coefficient (Wildman–Crippen LogP) is 2.47. The molecule has 1 saturated carbocycles. The number of hydrogen-bond donors (Lipinski definition) is 2. The molecule has 5 nitrogen and oxygen atoms in total. The first-order valence-electron chi connectivity index (χ1n) is 10.7. The summed E-state index contributed by atoms with van der Waals surface area (Å²) >= 11 is 0. The highest BCUT2D eigenvalue weighted by Crippen LogP contribution is 2.40. The summed E-state index contributed by atoms with van der Waals surface area (Å²) in [5.41, 5.74) is -0.352. The van der Waals surface area contributed by atoms with E-state index in [0.717, 1.165) is 19.4 Å². The zero-order chi connectivity index (χ0) is 19.6. The number of alkyl halides is 1. The fourth-order valence-electron chi connectivity index (χ4n) is 4.67. The van der Waals surface area contributed by atoms with Crippen molar-refractivity contribution in [3.63, 3.8) is 0 Å². The van der Waals surface area contributed by atoms with Gasteiger partial charge in [0.2, 0.25) is 15.5 Å². The van der Waals surface area contributed by atoms with Gasteiger partial charge in [0.1, 0.15) is 0 Å². The normalized spacial score (nSPS) is 28.9. The second-order valence-corrected chi connectivity index (χ2v) is 10.6. The van der Waals surface area contributed by atoms with Gasteiger partial charge in [-0.2, -0.15) is 4.31 Å². The minimum Gasteiger partial charge on any atom is -0.317 e. The van der Waals surface area contributed by atoms with E-state index < -0.39 is 15.5 Å². The highest BCUT2D eigenvalue weighted by Gasteiger charge is 2.41. The topological polar surface area (TPSA) is 61.4 Å². The van der Waals surface area contributed by atoms with Crippen LogP contribution in [0.3, 0.4) is 0 Å². The van der Waals surface area contributed by atoms with E-state index in [1.807, 2.05) is 6.07 Å². The standard InChI is InChI=1S/C21H32FN3O2S/c22-21(18-6-10-23-11-7-18)28(26,27)25-12-8-16(9-13-25)15-24-20-14-19(20)17-4-2-1-3-5-17/h1-5,16,18-21,23-24H,6-15H2. The van der Waals surface area contributed by atoms with Gasteiger partial charge in [0.05, 0.1) is 0 Å². The van der Waals surface area contributed by atoms with Gasteiger partial charge in [-0.25, -0.2) is 12.8 Å². The molecule has 4 rings (SSSR count). The zero-order valence-corrected chi connectivity index (χ0v) is 17.2. The summed E-state index contributed by atoms with van der Waals surface area (Å²) in [6.45, 7) is 3.24. The van der Waals surface area contributed by atoms with Crippen molar-refractivity contribution in [2.24, 2.45) is 11.8 Å². The predicted molar refractivity (Wildman–Crippen MR) is 109 cm³/mol. The lowest BCUT2D eigenvalue weighted by Gasteiger charge is -2.34. The Hall–Kier alpha value is -1.02. The molecule has 0 radical (unpaired) electrons. The van der Waals surface area contributed by atoms with Crippen LogP contribution in [0.15, 0.2) is 30.3 Å². The van der Waals surface area contributed by atoms with E-state index in [1.165, 1.54) is 16.3 Å². The number of halogens is 1. The Labute approximate surface area is 168 Å². The molecule has 156 valence electrons. The van der Waals surface area contributed by atoms with Crippen molar-refractivity contribution in [2.45, 2.75) is 49.6 Å². The fraction of sp³-hybridized carbons (Fsp3) is 0.714. The third kappa shape index (κ3) is 4.58. The summed E-state index contributed by atoms with van der Waals surface area (Å²) < 4.78 is 41.5. The quantitative estimate of drug-likeness (QED) is 0.726. The molecule has 0 bridgehead atoms. The molecular weight excluding hydrogens is 377 g/mol. The second kappa shape index (κ2) is 8.78. The molecule has 7 heteroatoms. The number of nitrogens with one attached hydrogen (secondary N) is 2. The Kier molecular flexibility index (Phi) is 6.35. The molecule has 1 aromatic rings. The molecule has 3 aliphatic rings. The summed E-state index contributed by atoms with van der Waals surface area (Å²) in [7, 11) is -3.83. The van der Waals surface area contributed by atoms with E-state index in [4.69, 9.17) is 0 Å². The average Bonchev–Trinajstić information content (AvgIpc) is 3.53. The van der Waals surface area contributed by atoms with Gasteiger partial charge in [0.25, 0.3) is 0 Å². The van der Waals surface area contributed by atoms with Crippen LogP contribution in [0.2, 0.25) is 0 Å². The zero-order valence-electron chi connectivity index (χ0n) is 16.4. The van der Waals surface area contributed by atoms with Crippen LogP contribution in [-0.4, -0.2) is 57.0 Å². The van der Waals surface area contributed by atoms with Crippen LogP contribution in [0, 0.1) is 11.8 Å². The molecule has 3 unspecified atom stereocenters. The van der Waals surface area contributed by atoms with Gasteiger partial charge in [0, 0.05) is 31.0 Å². The van der Waals surface area contributed by atoms with Gasteiger partial charge >= 0.3 is 0 Å². The van der Waals surface area contributed by atoms with Crippen molar-refractivity contribution in [1.29, 1.82) is 0 Å². The Morgan fingerprint density at radius 3 is 2.46 bits per heavy atom. The highest BCUT2D eigenvalue weighted by molar-refractivity contribution is 7.89.